The van der Waals surface area contributed by atoms with Crippen molar-refractivity contribution in [2.45, 2.75) is 104 Å². The summed E-state index contributed by atoms with van der Waals surface area (Å²) in [5, 5.41) is 2.67. The van der Waals surface area contributed by atoms with E-state index in [4.69, 9.17) is 0 Å². The van der Waals surface area contributed by atoms with E-state index in [1.165, 1.54) is 70.6 Å². The van der Waals surface area contributed by atoms with Gasteiger partial charge >= 0.3 is 0 Å². The van der Waals surface area contributed by atoms with Gasteiger partial charge in [0.2, 0.25) is 5.91 Å². The first-order valence-corrected chi connectivity index (χ1v) is 9.01. The summed E-state index contributed by atoms with van der Waals surface area (Å²) in [6, 6.07) is 0. The Kier molecular flexibility index (Phi) is 22.6. The Labute approximate surface area is 128 Å². The first kappa shape index (κ1) is 21.8. The first-order chi connectivity index (χ1) is 9.81. The van der Waals surface area contributed by atoms with Crippen molar-refractivity contribution in [1.29, 1.82) is 0 Å². The van der Waals surface area contributed by atoms with Crippen LogP contribution in [0.25, 0.3) is 0 Å². The largest absolute Gasteiger partial charge is 0.359 e. The van der Waals surface area contributed by atoms with Crippen LogP contribution in [-0.2, 0) is 4.79 Å². The fourth-order valence-electron chi connectivity index (χ4n) is 2.25. The van der Waals surface area contributed by atoms with Crippen LogP contribution in [0.5, 0.6) is 0 Å². The Bertz CT molecular complexity index is 180. The summed E-state index contributed by atoms with van der Waals surface area (Å²) in [4.78, 5) is 11.0. The lowest BCUT2D eigenvalue weighted by Gasteiger charge is -2.02. The highest BCUT2D eigenvalue weighted by atomic mass is 16.1. The molecule has 0 aromatic rings. The SMILES string of the molecule is CC.CCCCCCCCCCCCCCC(=O)NC. The number of carbonyl (C=O) groups is 1. The second-order valence-corrected chi connectivity index (χ2v) is 5.31. The van der Waals surface area contributed by atoms with Crippen molar-refractivity contribution in [3.63, 3.8) is 0 Å². The van der Waals surface area contributed by atoms with Gasteiger partial charge in [0.15, 0.2) is 0 Å². The second-order valence-electron chi connectivity index (χ2n) is 5.31. The molecule has 2 nitrogen and oxygen atoms in total. The van der Waals surface area contributed by atoms with Crippen molar-refractivity contribution in [1.82, 2.24) is 5.32 Å². The summed E-state index contributed by atoms with van der Waals surface area (Å²) in [5.74, 6) is 0.182. The van der Waals surface area contributed by atoms with Crippen molar-refractivity contribution in [3.8, 4) is 0 Å². The third-order valence-electron chi connectivity index (χ3n) is 3.54. The number of nitrogens with one attached hydrogen (secondary N) is 1. The lowest BCUT2D eigenvalue weighted by molar-refractivity contribution is -0.120. The van der Waals surface area contributed by atoms with E-state index in [9.17, 15) is 4.79 Å². The summed E-state index contributed by atoms with van der Waals surface area (Å²) < 4.78 is 0. The molecule has 0 saturated heterocycles. The van der Waals surface area contributed by atoms with E-state index in [1.807, 2.05) is 13.8 Å². The average molecular weight is 286 g/mol. The quantitative estimate of drug-likeness (QED) is 0.422. The smallest absolute Gasteiger partial charge is 0.219 e. The van der Waals surface area contributed by atoms with Gasteiger partial charge in [-0.2, -0.15) is 0 Å². The van der Waals surface area contributed by atoms with Gasteiger partial charge in [-0.15, -0.1) is 0 Å². The molecule has 0 aliphatic heterocycles. The van der Waals surface area contributed by atoms with Crippen LogP contribution in [0.1, 0.15) is 104 Å². The van der Waals surface area contributed by atoms with Crippen LogP contribution in [0.2, 0.25) is 0 Å². The minimum Gasteiger partial charge on any atom is -0.359 e. The molecule has 0 aromatic heterocycles. The Morgan fingerprint density at radius 2 is 1.05 bits per heavy atom. The Balaban J connectivity index is 0. The molecule has 0 unspecified atom stereocenters. The van der Waals surface area contributed by atoms with E-state index in [0.29, 0.717) is 6.42 Å². The number of rotatable bonds is 13. The number of unbranched alkanes of at least 4 members (excludes halogenated alkanes) is 11. The fraction of sp³-hybridized carbons (Fsp3) is 0.944. The molecule has 0 aliphatic carbocycles. The summed E-state index contributed by atoms with van der Waals surface area (Å²) in [5.41, 5.74) is 0. The summed E-state index contributed by atoms with van der Waals surface area (Å²) in [7, 11) is 1.71. The molecule has 0 saturated carbocycles. The monoisotopic (exact) mass is 285 g/mol. The Morgan fingerprint density at radius 3 is 1.40 bits per heavy atom. The van der Waals surface area contributed by atoms with Crippen LogP contribution >= 0.6 is 0 Å². The molecule has 0 bridgehead atoms. The van der Waals surface area contributed by atoms with Gasteiger partial charge in [0.1, 0.15) is 0 Å². The maximum atomic E-state index is 11.0. The lowest BCUT2D eigenvalue weighted by atomic mass is 10.0. The zero-order chi connectivity index (χ0) is 15.5. The van der Waals surface area contributed by atoms with Gasteiger partial charge in [-0.3, -0.25) is 4.79 Å². The van der Waals surface area contributed by atoms with Crippen LogP contribution in [0.4, 0.5) is 0 Å². The standard InChI is InChI=1S/C16H33NO.C2H6/c1-3-4-5-6-7-8-9-10-11-12-13-14-15-16(18)17-2;1-2/h3-15H2,1-2H3,(H,17,18);1-2H3. The van der Waals surface area contributed by atoms with Gasteiger partial charge in [0.25, 0.3) is 0 Å². The highest BCUT2D eigenvalue weighted by Crippen LogP contribution is 2.12. The van der Waals surface area contributed by atoms with Gasteiger partial charge in [0, 0.05) is 13.5 Å². The molecule has 1 N–H and O–H groups in total. The van der Waals surface area contributed by atoms with Gasteiger partial charge < -0.3 is 5.32 Å². The number of carbonyl (C=O) groups excluding carboxylic acids is 1. The first-order valence-electron chi connectivity index (χ1n) is 9.01. The summed E-state index contributed by atoms with van der Waals surface area (Å²) in [6.07, 6.45) is 16.9. The third-order valence-corrected chi connectivity index (χ3v) is 3.54. The number of amides is 1. The zero-order valence-corrected chi connectivity index (χ0v) is 14.6. The molecule has 0 atom stereocenters. The minimum atomic E-state index is 0.182. The number of hydrogen-bond acceptors (Lipinski definition) is 1. The average Bonchev–Trinajstić information content (AvgIpc) is 2.50. The Hall–Kier alpha value is -0.530. The van der Waals surface area contributed by atoms with Gasteiger partial charge in [-0.1, -0.05) is 91.4 Å². The fourth-order valence-corrected chi connectivity index (χ4v) is 2.25. The summed E-state index contributed by atoms with van der Waals surface area (Å²) in [6.45, 7) is 6.27. The Morgan fingerprint density at radius 1 is 0.700 bits per heavy atom. The van der Waals surface area contributed by atoms with Crippen LogP contribution in [0, 0.1) is 0 Å². The molecular weight excluding hydrogens is 246 g/mol. The molecule has 0 aliphatic rings. The van der Waals surface area contributed by atoms with E-state index < -0.39 is 0 Å². The van der Waals surface area contributed by atoms with Crippen LogP contribution in [0.3, 0.4) is 0 Å². The number of hydrogen-bond donors (Lipinski definition) is 1. The van der Waals surface area contributed by atoms with Crippen molar-refractivity contribution < 1.29 is 4.79 Å². The van der Waals surface area contributed by atoms with Crippen LogP contribution < -0.4 is 5.32 Å². The van der Waals surface area contributed by atoms with Gasteiger partial charge in [-0.25, -0.2) is 0 Å². The van der Waals surface area contributed by atoms with E-state index in [0.717, 1.165) is 6.42 Å². The van der Waals surface area contributed by atoms with Crippen LogP contribution in [0.15, 0.2) is 0 Å². The molecule has 0 fully saturated rings. The molecular formula is C18H39NO. The molecule has 0 radical (unpaired) electrons. The van der Waals surface area contributed by atoms with Crippen molar-refractivity contribution in [2.24, 2.45) is 0 Å². The molecule has 122 valence electrons. The molecule has 2 heteroatoms. The highest BCUT2D eigenvalue weighted by molar-refractivity contribution is 5.75. The normalized spacial score (nSPS) is 9.80. The second kappa shape index (κ2) is 20.8. The predicted octanol–water partition coefficient (Wildman–Crippen LogP) is 5.85. The molecule has 20 heavy (non-hydrogen) atoms. The molecule has 0 aromatic carbocycles. The minimum absolute atomic E-state index is 0.182. The molecule has 0 heterocycles. The predicted molar refractivity (Wildman–Crippen MR) is 91.1 cm³/mol. The zero-order valence-electron chi connectivity index (χ0n) is 14.6. The molecule has 1 amide bonds. The summed E-state index contributed by atoms with van der Waals surface area (Å²) >= 11 is 0. The van der Waals surface area contributed by atoms with Crippen LogP contribution in [-0.4, -0.2) is 13.0 Å². The lowest BCUT2D eigenvalue weighted by Crippen LogP contribution is -2.16. The maximum absolute atomic E-state index is 11.0. The van der Waals surface area contributed by atoms with Gasteiger partial charge in [0.05, 0.1) is 0 Å². The van der Waals surface area contributed by atoms with E-state index in [2.05, 4.69) is 12.2 Å². The van der Waals surface area contributed by atoms with Crippen molar-refractivity contribution in [3.05, 3.63) is 0 Å². The molecule has 0 spiro atoms. The van der Waals surface area contributed by atoms with Gasteiger partial charge in [-0.05, 0) is 6.42 Å². The maximum Gasteiger partial charge on any atom is 0.219 e. The molecule has 0 rings (SSSR count). The van der Waals surface area contributed by atoms with E-state index in [-0.39, 0.29) is 5.91 Å². The van der Waals surface area contributed by atoms with E-state index >= 15 is 0 Å². The van der Waals surface area contributed by atoms with Crippen molar-refractivity contribution >= 4 is 5.91 Å². The third kappa shape index (κ3) is 19.8. The van der Waals surface area contributed by atoms with E-state index in [1.54, 1.807) is 7.05 Å². The highest BCUT2D eigenvalue weighted by Gasteiger charge is 1.97. The topological polar surface area (TPSA) is 29.1 Å². The van der Waals surface area contributed by atoms with Crippen molar-refractivity contribution in [2.75, 3.05) is 7.05 Å².